The molecule has 2 amide bonds. The lowest BCUT2D eigenvalue weighted by molar-refractivity contribution is -0.120. The molecule has 0 saturated carbocycles. The molecule has 2 rings (SSSR count). The van der Waals surface area contributed by atoms with Crippen molar-refractivity contribution in [3.05, 3.63) is 53.7 Å². The van der Waals surface area contributed by atoms with Gasteiger partial charge in [-0.05, 0) is 25.1 Å². The van der Waals surface area contributed by atoms with Crippen molar-refractivity contribution in [3.8, 4) is 0 Å². The summed E-state index contributed by atoms with van der Waals surface area (Å²) in [7, 11) is 0. The average molecular weight is 291 g/mol. The zero-order valence-corrected chi connectivity index (χ0v) is 11.3. The summed E-state index contributed by atoms with van der Waals surface area (Å²) in [5.41, 5.74) is 0.743. The van der Waals surface area contributed by atoms with Gasteiger partial charge in [-0.1, -0.05) is 11.2 Å². The van der Waals surface area contributed by atoms with E-state index in [2.05, 4.69) is 20.3 Å². The molecule has 7 heteroatoms. The number of hydrogen-bond donors (Lipinski definition) is 2. The maximum Gasteiger partial charge on any atom is 0.251 e. The Labute approximate surface area is 120 Å². The Balaban J connectivity index is 1.82. The number of nitrogens with one attached hydrogen (secondary N) is 2. The van der Waals surface area contributed by atoms with Crippen molar-refractivity contribution < 1.29 is 18.5 Å². The van der Waals surface area contributed by atoms with Crippen LogP contribution in [0.15, 0.2) is 41.1 Å². The van der Waals surface area contributed by atoms with Crippen LogP contribution < -0.4 is 10.6 Å². The largest absolute Gasteiger partial charge is 0.364 e. The zero-order valence-electron chi connectivity index (χ0n) is 11.3. The first-order valence-corrected chi connectivity index (χ1v) is 6.29. The monoisotopic (exact) mass is 291 g/mol. The molecule has 0 fully saturated rings. The van der Waals surface area contributed by atoms with Gasteiger partial charge in [0.2, 0.25) is 5.91 Å². The average Bonchev–Trinajstić information content (AvgIpc) is 2.99. The fourth-order valence-corrected chi connectivity index (χ4v) is 1.70. The number of aromatic nitrogens is 1. The lowest BCUT2D eigenvalue weighted by atomic mass is 10.2. The molecule has 1 unspecified atom stereocenters. The van der Waals surface area contributed by atoms with Gasteiger partial charge in [-0.15, -0.1) is 0 Å². The van der Waals surface area contributed by atoms with E-state index in [1.807, 2.05) is 0 Å². The Morgan fingerprint density at radius 1 is 1.38 bits per heavy atom. The summed E-state index contributed by atoms with van der Waals surface area (Å²) in [4.78, 5) is 23.4. The van der Waals surface area contributed by atoms with Crippen molar-refractivity contribution in [2.45, 2.75) is 13.0 Å². The molecule has 0 bridgehead atoms. The van der Waals surface area contributed by atoms with Crippen LogP contribution >= 0.6 is 0 Å². The molecule has 1 aromatic heterocycles. The van der Waals surface area contributed by atoms with Gasteiger partial charge in [0.05, 0.1) is 12.6 Å². The summed E-state index contributed by atoms with van der Waals surface area (Å²) in [6.45, 7) is 1.53. The highest BCUT2D eigenvalue weighted by Crippen LogP contribution is 2.08. The van der Waals surface area contributed by atoms with Gasteiger partial charge in [0.25, 0.3) is 5.91 Å². The first kappa shape index (κ1) is 14.7. The zero-order chi connectivity index (χ0) is 15.2. The summed E-state index contributed by atoms with van der Waals surface area (Å²) >= 11 is 0. The summed E-state index contributed by atoms with van der Waals surface area (Å²) in [6.07, 6.45) is 1.41. The smallest absolute Gasteiger partial charge is 0.251 e. The van der Waals surface area contributed by atoms with Crippen LogP contribution in [0.3, 0.4) is 0 Å². The highest BCUT2D eigenvalue weighted by molar-refractivity contribution is 5.96. The Kier molecular flexibility index (Phi) is 4.65. The van der Waals surface area contributed by atoms with E-state index in [0.717, 1.165) is 6.07 Å². The standard InChI is InChI=1S/C14H14FN3O3/c1-9(12-5-6-21-18-12)17-13(19)8-16-14(20)10-3-2-4-11(15)7-10/h2-7,9H,8H2,1H3,(H,16,20)(H,17,19). The predicted molar refractivity (Wildman–Crippen MR) is 71.8 cm³/mol. The maximum atomic E-state index is 13.0. The number of nitrogens with zero attached hydrogens (tertiary/aromatic N) is 1. The molecule has 0 saturated heterocycles. The number of hydrogen-bond acceptors (Lipinski definition) is 4. The molecule has 0 aliphatic carbocycles. The molecule has 21 heavy (non-hydrogen) atoms. The quantitative estimate of drug-likeness (QED) is 0.872. The predicted octanol–water partition coefficient (Wildman–Crippen LogP) is 1.42. The fourth-order valence-electron chi connectivity index (χ4n) is 1.70. The van der Waals surface area contributed by atoms with Crippen molar-refractivity contribution >= 4 is 11.8 Å². The maximum absolute atomic E-state index is 13.0. The Morgan fingerprint density at radius 3 is 2.86 bits per heavy atom. The van der Waals surface area contributed by atoms with Crippen LogP contribution in [0.4, 0.5) is 4.39 Å². The molecule has 0 aliphatic rings. The lowest BCUT2D eigenvalue weighted by Crippen LogP contribution is -2.38. The minimum absolute atomic E-state index is 0.160. The van der Waals surface area contributed by atoms with Crippen LogP contribution in [0.25, 0.3) is 0 Å². The third-order valence-electron chi connectivity index (χ3n) is 2.78. The van der Waals surface area contributed by atoms with Crippen molar-refractivity contribution in [1.82, 2.24) is 15.8 Å². The molecule has 0 spiro atoms. The second-order valence-electron chi connectivity index (χ2n) is 4.41. The minimum Gasteiger partial charge on any atom is -0.364 e. The van der Waals surface area contributed by atoms with Crippen molar-refractivity contribution in [1.29, 1.82) is 0 Å². The normalized spacial score (nSPS) is 11.7. The van der Waals surface area contributed by atoms with Crippen LogP contribution in [-0.4, -0.2) is 23.5 Å². The van der Waals surface area contributed by atoms with E-state index < -0.39 is 11.7 Å². The molecule has 6 nitrogen and oxygen atoms in total. The first-order chi connectivity index (χ1) is 10.1. The van der Waals surface area contributed by atoms with Crippen LogP contribution in [0.1, 0.15) is 29.0 Å². The third-order valence-corrected chi connectivity index (χ3v) is 2.78. The van der Waals surface area contributed by atoms with E-state index in [4.69, 9.17) is 0 Å². The Bertz CT molecular complexity index is 628. The highest BCUT2D eigenvalue weighted by Gasteiger charge is 2.13. The van der Waals surface area contributed by atoms with Gasteiger partial charge < -0.3 is 15.2 Å². The van der Waals surface area contributed by atoms with Crippen LogP contribution in [0, 0.1) is 5.82 Å². The second-order valence-corrected chi connectivity index (χ2v) is 4.41. The second kappa shape index (κ2) is 6.65. The summed E-state index contributed by atoms with van der Waals surface area (Å²) in [5.74, 6) is -1.40. The number of rotatable bonds is 5. The van der Waals surface area contributed by atoms with Gasteiger partial charge in [-0.2, -0.15) is 0 Å². The number of carbonyl (C=O) groups is 2. The van der Waals surface area contributed by atoms with Crippen molar-refractivity contribution in [3.63, 3.8) is 0 Å². The molecule has 1 atom stereocenters. The lowest BCUT2D eigenvalue weighted by Gasteiger charge is -2.11. The number of halogens is 1. The van der Waals surface area contributed by atoms with Gasteiger partial charge in [-0.25, -0.2) is 4.39 Å². The van der Waals surface area contributed by atoms with Crippen molar-refractivity contribution in [2.75, 3.05) is 6.54 Å². The molecule has 1 aromatic carbocycles. The van der Waals surface area contributed by atoms with Gasteiger partial charge in [0.1, 0.15) is 17.8 Å². The van der Waals surface area contributed by atoms with Crippen LogP contribution in [0.5, 0.6) is 0 Å². The topological polar surface area (TPSA) is 84.2 Å². The van der Waals surface area contributed by atoms with E-state index in [-0.39, 0.29) is 24.1 Å². The van der Waals surface area contributed by atoms with Gasteiger partial charge in [-0.3, -0.25) is 9.59 Å². The summed E-state index contributed by atoms with van der Waals surface area (Å²) < 4.78 is 17.7. The highest BCUT2D eigenvalue weighted by atomic mass is 19.1. The summed E-state index contributed by atoms with van der Waals surface area (Å²) in [6, 6.07) is 6.54. The summed E-state index contributed by atoms with van der Waals surface area (Å²) in [5, 5.41) is 8.77. The molecule has 1 heterocycles. The number of benzene rings is 1. The molecule has 2 aromatic rings. The van der Waals surface area contributed by atoms with E-state index in [1.165, 1.54) is 24.5 Å². The third kappa shape index (κ3) is 4.13. The molecular weight excluding hydrogens is 277 g/mol. The van der Waals surface area contributed by atoms with E-state index in [1.54, 1.807) is 13.0 Å². The molecule has 0 aliphatic heterocycles. The Morgan fingerprint density at radius 2 is 2.19 bits per heavy atom. The SMILES string of the molecule is CC(NC(=O)CNC(=O)c1cccc(F)c1)c1ccon1. The van der Waals surface area contributed by atoms with Gasteiger partial charge in [0, 0.05) is 11.6 Å². The van der Waals surface area contributed by atoms with Crippen LogP contribution in [0.2, 0.25) is 0 Å². The van der Waals surface area contributed by atoms with Crippen LogP contribution in [-0.2, 0) is 4.79 Å². The molecule has 0 radical (unpaired) electrons. The van der Waals surface area contributed by atoms with Gasteiger partial charge in [0.15, 0.2) is 0 Å². The van der Waals surface area contributed by atoms with E-state index in [9.17, 15) is 14.0 Å². The first-order valence-electron chi connectivity index (χ1n) is 6.29. The number of amides is 2. The Hall–Kier alpha value is -2.70. The molecule has 110 valence electrons. The number of carbonyl (C=O) groups excluding carboxylic acids is 2. The minimum atomic E-state index is -0.515. The fraction of sp³-hybridized carbons (Fsp3) is 0.214. The van der Waals surface area contributed by atoms with Crippen molar-refractivity contribution in [2.24, 2.45) is 0 Å². The van der Waals surface area contributed by atoms with E-state index >= 15 is 0 Å². The molecule has 2 N–H and O–H groups in total. The van der Waals surface area contributed by atoms with E-state index in [0.29, 0.717) is 5.69 Å². The van der Waals surface area contributed by atoms with Gasteiger partial charge >= 0.3 is 0 Å². The molecular formula is C14H14FN3O3.